The van der Waals surface area contributed by atoms with Gasteiger partial charge >= 0.3 is 0 Å². The number of benzene rings is 2. The standard InChI is InChI=1S/C21H22N4OS/c26-20(22-18-11-12-18)15-25(14-17-9-5-2-6-10-17)21-23-19(24-27-21)13-16-7-3-1-4-8-16/h1-10,18H,11-15H2,(H,22,26). The molecule has 5 nitrogen and oxygen atoms in total. The van der Waals surface area contributed by atoms with Crippen LogP contribution >= 0.6 is 11.5 Å². The van der Waals surface area contributed by atoms with Crippen LogP contribution in [-0.2, 0) is 17.8 Å². The van der Waals surface area contributed by atoms with E-state index in [-0.39, 0.29) is 5.91 Å². The van der Waals surface area contributed by atoms with Crippen LogP contribution in [0.3, 0.4) is 0 Å². The molecule has 1 saturated carbocycles. The maximum atomic E-state index is 12.4. The minimum Gasteiger partial charge on any atom is -0.352 e. The lowest BCUT2D eigenvalue weighted by Crippen LogP contribution is -2.38. The number of amides is 1. The Labute approximate surface area is 163 Å². The smallest absolute Gasteiger partial charge is 0.239 e. The lowest BCUT2D eigenvalue weighted by molar-refractivity contribution is -0.119. The molecule has 0 radical (unpaired) electrons. The van der Waals surface area contributed by atoms with E-state index in [1.165, 1.54) is 17.1 Å². The maximum Gasteiger partial charge on any atom is 0.239 e. The van der Waals surface area contributed by atoms with Crippen LogP contribution in [0.5, 0.6) is 0 Å². The van der Waals surface area contributed by atoms with Gasteiger partial charge in [0.15, 0.2) is 0 Å². The van der Waals surface area contributed by atoms with Crippen molar-refractivity contribution in [2.75, 3.05) is 11.4 Å². The van der Waals surface area contributed by atoms with Crippen molar-refractivity contribution >= 4 is 22.6 Å². The Morgan fingerprint density at radius 1 is 1.04 bits per heavy atom. The Morgan fingerprint density at radius 2 is 1.70 bits per heavy atom. The highest BCUT2D eigenvalue weighted by Gasteiger charge is 2.25. The number of hydrogen-bond acceptors (Lipinski definition) is 5. The summed E-state index contributed by atoms with van der Waals surface area (Å²) in [5.41, 5.74) is 2.33. The minimum atomic E-state index is 0.0493. The summed E-state index contributed by atoms with van der Waals surface area (Å²) >= 11 is 1.36. The van der Waals surface area contributed by atoms with Gasteiger partial charge in [-0.3, -0.25) is 4.79 Å². The summed E-state index contributed by atoms with van der Waals surface area (Å²) in [6.07, 6.45) is 2.87. The number of nitrogens with one attached hydrogen (secondary N) is 1. The highest BCUT2D eigenvalue weighted by atomic mass is 32.1. The number of anilines is 1. The first kappa shape index (κ1) is 17.7. The van der Waals surface area contributed by atoms with E-state index in [2.05, 4.69) is 34.0 Å². The van der Waals surface area contributed by atoms with Crippen LogP contribution in [0.15, 0.2) is 60.7 Å². The lowest BCUT2D eigenvalue weighted by atomic mass is 10.1. The van der Waals surface area contributed by atoms with E-state index in [9.17, 15) is 4.79 Å². The molecule has 1 N–H and O–H groups in total. The molecule has 1 heterocycles. The van der Waals surface area contributed by atoms with Crippen molar-refractivity contribution in [3.8, 4) is 0 Å². The molecule has 2 aromatic carbocycles. The lowest BCUT2D eigenvalue weighted by Gasteiger charge is -2.21. The predicted octanol–water partition coefficient (Wildman–Crippen LogP) is 3.41. The quantitative estimate of drug-likeness (QED) is 0.653. The molecule has 0 bridgehead atoms. The highest BCUT2D eigenvalue weighted by molar-refractivity contribution is 7.09. The first-order chi connectivity index (χ1) is 13.3. The number of rotatable bonds is 8. The third kappa shape index (κ3) is 5.14. The third-order valence-electron chi connectivity index (χ3n) is 4.43. The average Bonchev–Trinajstić information content (AvgIpc) is 3.37. The second-order valence-corrected chi connectivity index (χ2v) is 7.57. The van der Waals surface area contributed by atoms with Gasteiger partial charge in [-0.25, -0.2) is 4.98 Å². The molecule has 1 aliphatic rings. The Bertz CT molecular complexity index is 877. The molecule has 0 unspecified atom stereocenters. The zero-order chi connectivity index (χ0) is 18.5. The summed E-state index contributed by atoms with van der Waals surface area (Å²) in [5, 5.41) is 3.85. The summed E-state index contributed by atoms with van der Waals surface area (Å²) in [6, 6.07) is 20.7. The van der Waals surface area contributed by atoms with Crippen molar-refractivity contribution in [3.63, 3.8) is 0 Å². The topological polar surface area (TPSA) is 58.1 Å². The molecule has 0 spiro atoms. The molecule has 27 heavy (non-hydrogen) atoms. The fourth-order valence-electron chi connectivity index (χ4n) is 2.89. The fourth-order valence-corrected chi connectivity index (χ4v) is 3.58. The van der Waals surface area contributed by atoms with Gasteiger partial charge in [0.05, 0.1) is 6.54 Å². The summed E-state index contributed by atoms with van der Waals surface area (Å²) in [4.78, 5) is 19.1. The van der Waals surface area contributed by atoms with Gasteiger partial charge in [0, 0.05) is 30.5 Å². The van der Waals surface area contributed by atoms with Crippen LogP contribution in [0.4, 0.5) is 5.13 Å². The Hall–Kier alpha value is -2.73. The third-order valence-corrected chi connectivity index (χ3v) is 5.24. The van der Waals surface area contributed by atoms with E-state index in [1.54, 1.807) is 0 Å². The van der Waals surface area contributed by atoms with Gasteiger partial charge < -0.3 is 10.2 Å². The molecule has 3 aromatic rings. The Balaban J connectivity index is 1.49. The molecule has 0 atom stereocenters. The van der Waals surface area contributed by atoms with Crippen LogP contribution in [0.1, 0.15) is 29.8 Å². The van der Waals surface area contributed by atoms with Gasteiger partial charge in [-0.1, -0.05) is 60.7 Å². The van der Waals surface area contributed by atoms with E-state index in [0.717, 1.165) is 29.4 Å². The van der Waals surface area contributed by atoms with Crippen molar-refractivity contribution in [1.82, 2.24) is 14.7 Å². The summed E-state index contributed by atoms with van der Waals surface area (Å²) in [7, 11) is 0. The van der Waals surface area contributed by atoms with Gasteiger partial charge in [-0.2, -0.15) is 4.37 Å². The average molecular weight is 379 g/mol. The van der Waals surface area contributed by atoms with Crippen LogP contribution in [-0.4, -0.2) is 27.9 Å². The number of nitrogens with zero attached hydrogens (tertiary/aromatic N) is 3. The number of hydrogen-bond donors (Lipinski definition) is 1. The van der Waals surface area contributed by atoms with Crippen molar-refractivity contribution in [2.45, 2.75) is 31.8 Å². The van der Waals surface area contributed by atoms with E-state index < -0.39 is 0 Å². The number of aromatic nitrogens is 2. The van der Waals surface area contributed by atoms with Crippen LogP contribution in [0.25, 0.3) is 0 Å². The second kappa shape index (κ2) is 8.31. The molecule has 1 aromatic heterocycles. The molecule has 138 valence electrons. The highest BCUT2D eigenvalue weighted by Crippen LogP contribution is 2.22. The fraction of sp³-hybridized carbons (Fsp3) is 0.286. The number of carbonyl (C=O) groups is 1. The van der Waals surface area contributed by atoms with E-state index >= 15 is 0 Å². The minimum absolute atomic E-state index is 0.0493. The molecule has 1 aliphatic carbocycles. The molecule has 0 aliphatic heterocycles. The summed E-state index contributed by atoms with van der Waals surface area (Å²) in [6.45, 7) is 0.935. The largest absolute Gasteiger partial charge is 0.352 e. The molecule has 0 saturated heterocycles. The summed E-state index contributed by atoms with van der Waals surface area (Å²) < 4.78 is 4.51. The van der Waals surface area contributed by atoms with Gasteiger partial charge in [-0.15, -0.1) is 0 Å². The molecular weight excluding hydrogens is 356 g/mol. The summed E-state index contributed by atoms with van der Waals surface area (Å²) in [5.74, 6) is 0.843. The van der Waals surface area contributed by atoms with Gasteiger partial charge in [0.25, 0.3) is 0 Å². The van der Waals surface area contributed by atoms with Crippen molar-refractivity contribution in [3.05, 3.63) is 77.6 Å². The molecule has 1 amide bonds. The van der Waals surface area contributed by atoms with Crippen molar-refractivity contribution < 1.29 is 4.79 Å². The van der Waals surface area contributed by atoms with Gasteiger partial charge in [0.2, 0.25) is 11.0 Å². The molecule has 6 heteroatoms. The van der Waals surface area contributed by atoms with Crippen molar-refractivity contribution in [1.29, 1.82) is 0 Å². The molecule has 4 rings (SSSR count). The van der Waals surface area contributed by atoms with Crippen LogP contribution in [0.2, 0.25) is 0 Å². The van der Waals surface area contributed by atoms with E-state index in [1.807, 2.05) is 41.3 Å². The first-order valence-corrected chi connectivity index (χ1v) is 9.98. The Kier molecular flexibility index (Phi) is 5.44. The van der Waals surface area contributed by atoms with Crippen molar-refractivity contribution in [2.24, 2.45) is 0 Å². The molecule has 1 fully saturated rings. The SMILES string of the molecule is O=C(CN(Cc1ccccc1)c1nc(Cc2ccccc2)ns1)NC1CC1. The van der Waals surface area contributed by atoms with Gasteiger partial charge in [-0.05, 0) is 24.0 Å². The zero-order valence-electron chi connectivity index (χ0n) is 15.0. The van der Waals surface area contributed by atoms with E-state index in [0.29, 0.717) is 25.6 Å². The predicted molar refractivity (Wildman–Crippen MR) is 108 cm³/mol. The van der Waals surface area contributed by atoms with Crippen LogP contribution in [0, 0.1) is 0 Å². The van der Waals surface area contributed by atoms with Gasteiger partial charge in [0.1, 0.15) is 5.82 Å². The molecular formula is C21H22N4OS. The first-order valence-electron chi connectivity index (χ1n) is 9.21. The monoisotopic (exact) mass is 378 g/mol. The normalized spacial score (nSPS) is 13.3. The Morgan fingerprint density at radius 3 is 2.37 bits per heavy atom. The maximum absolute atomic E-state index is 12.4. The second-order valence-electron chi connectivity index (χ2n) is 6.84. The zero-order valence-corrected chi connectivity index (χ0v) is 15.9. The van der Waals surface area contributed by atoms with E-state index in [4.69, 9.17) is 4.98 Å². The number of carbonyl (C=O) groups excluding carboxylic acids is 1. The van der Waals surface area contributed by atoms with Crippen LogP contribution < -0.4 is 10.2 Å².